The lowest BCUT2D eigenvalue weighted by Crippen LogP contribution is -2.26. The lowest BCUT2D eigenvalue weighted by atomic mass is 10.1. The van der Waals surface area contributed by atoms with Crippen molar-refractivity contribution in [1.82, 2.24) is 0 Å². The van der Waals surface area contributed by atoms with E-state index in [1.54, 1.807) is 12.1 Å². The summed E-state index contributed by atoms with van der Waals surface area (Å²) in [6.07, 6.45) is 0.128. The van der Waals surface area contributed by atoms with Crippen LogP contribution in [0.3, 0.4) is 0 Å². The number of anilines is 1. The maximum absolute atomic E-state index is 12.2. The number of carbonyl (C=O) groups is 2. The first-order valence-electron chi connectivity index (χ1n) is 6.73. The van der Waals surface area contributed by atoms with Gasteiger partial charge in [-0.05, 0) is 0 Å². The van der Waals surface area contributed by atoms with Gasteiger partial charge >= 0.3 is 5.97 Å². The van der Waals surface area contributed by atoms with Crippen LogP contribution in [0.25, 0.3) is 0 Å². The largest absolute Gasteiger partial charge is 0.493 e. The van der Waals surface area contributed by atoms with E-state index in [-0.39, 0.29) is 24.8 Å². The Balaban J connectivity index is 2.36. The average molecular weight is 309 g/mol. The molecule has 0 N–H and O–H groups in total. The van der Waals surface area contributed by atoms with Crippen LogP contribution in [0.5, 0.6) is 17.2 Å². The molecule has 1 aliphatic heterocycles. The third-order valence-electron chi connectivity index (χ3n) is 3.62. The van der Waals surface area contributed by atoms with E-state index in [2.05, 4.69) is 0 Å². The molecule has 22 heavy (non-hydrogen) atoms. The van der Waals surface area contributed by atoms with Gasteiger partial charge in [0, 0.05) is 25.1 Å². The minimum Gasteiger partial charge on any atom is -0.493 e. The number of hydrogen-bond acceptors (Lipinski definition) is 6. The van der Waals surface area contributed by atoms with Crippen molar-refractivity contribution in [3.8, 4) is 17.2 Å². The van der Waals surface area contributed by atoms with Crippen molar-refractivity contribution in [2.24, 2.45) is 5.92 Å². The normalized spacial score (nSPS) is 17.4. The quantitative estimate of drug-likeness (QED) is 0.762. The molecule has 0 saturated carbocycles. The zero-order chi connectivity index (χ0) is 16.3. The molecule has 0 radical (unpaired) electrons. The topological polar surface area (TPSA) is 74.3 Å². The molecule has 0 spiro atoms. The number of ether oxygens (including phenoxy) is 4. The van der Waals surface area contributed by atoms with Crippen LogP contribution >= 0.6 is 0 Å². The molecule has 1 aliphatic rings. The van der Waals surface area contributed by atoms with Crippen LogP contribution in [0, 0.1) is 5.92 Å². The van der Waals surface area contributed by atoms with Crippen molar-refractivity contribution in [1.29, 1.82) is 0 Å². The van der Waals surface area contributed by atoms with Crippen molar-refractivity contribution in [3.05, 3.63) is 12.1 Å². The smallest absolute Gasteiger partial charge is 0.311 e. The summed E-state index contributed by atoms with van der Waals surface area (Å²) in [5.74, 6) is 0.354. The van der Waals surface area contributed by atoms with E-state index >= 15 is 0 Å². The highest BCUT2D eigenvalue weighted by Crippen LogP contribution is 2.42. The summed E-state index contributed by atoms with van der Waals surface area (Å²) in [7, 11) is 5.83. The first kappa shape index (κ1) is 15.9. The standard InChI is InChI=1S/C15H19NO6/c1-19-11-6-10(7-12(20-2)14(11)21-3)16-8-9(5-13(16)17)15(18)22-4/h6-7,9H,5,8H2,1-4H3. The van der Waals surface area contributed by atoms with Crippen LogP contribution in [-0.4, -0.2) is 46.9 Å². The van der Waals surface area contributed by atoms with Crippen LogP contribution in [0.2, 0.25) is 0 Å². The molecule has 1 amide bonds. The molecule has 1 saturated heterocycles. The molecule has 1 unspecified atom stereocenters. The summed E-state index contributed by atoms with van der Waals surface area (Å²) < 4.78 is 20.5. The van der Waals surface area contributed by atoms with Crippen LogP contribution in [0.1, 0.15) is 6.42 Å². The van der Waals surface area contributed by atoms with Crippen molar-refractivity contribution >= 4 is 17.6 Å². The minimum atomic E-state index is -0.461. The number of nitrogens with zero attached hydrogens (tertiary/aromatic N) is 1. The van der Waals surface area contributed by atoms with Gasteiger partial charge < -0.3 is 23.8 Å². The van der Waals surface area contributed by atoms with Crippen LogP contribution < -0.4 is 19.1 Å². The van der Waals surface area contributed by atoms with Crippen molar-refractivity contribution < 1.29 is 28.5 Å². The molecule has 1 atom stereocenters. The number of carbonyl (C=O) groups excluding carboxylic acids is 2. The number of esters is 1. The number of methoxy groups -OCH3 is 4. The van der Waals surface area contributed by atoms with E-state index in [9.17, 15) is 9.59 Å². The fourth-order valence-electron chi connectivity index (χ4n) is 2.50. The monoisotopic (exact) mass is 309 g/mol. The van der Waals surface area contributed by atoms with Gasteiger partial charge in [0.25, 0.3) is 0 Å². The summed E-state index contributed by atoms with van der Waals surface area (Å²) >= 11 is 0. The minimum absolute atomic E-state index is 0.128. The summed E-state index contributed by atoms with van der Waals surface area (Å²) in [5, 5.41) is 0. The number of rotatable bonds is 5. The van der Waals surface area contributed by atoms with E-state index in [4.69, 9.17) is 18.9 Å². The molecule has 7 heteroatoms. The molecule has 120 valence electrons. The SMILES string of the molecule is COC(=O)C1CC(=O)N(c2cc(OC)c(OC)c(OC)c2)C1. The average Bonchev–Trinajstić information content (AvgIpc) is 2.94. The molecule has 7 nitrogen and oxygen atoms in total. The molecule has 1 aromatic rings. The Morgan fingerprint density at radius 3 is 2.14 bits per heavy atom. The van der Waals surface area contributed by atoms with E-state index in [1.165, 1.54) is 33.3 Å². The Morgan fingerprint density at radius 2 is 1.68 bits per heavy atom. The maximum atomic E-state index is 12.2. The second-order valence-electron chi connectivity index (χ2n) is 4.81. The van der Waals surface area contributed by atoms with E-state index < -0.39 is 5.92 Å². The second kappa shape index (κ2) is 6.55. The molecular weight excluding hydrogens is 290 g/mol. The molecular formula is C15H19NO6. The van der Waals surface area contributed by atoms with Crippen molar-refractivity contribution in [2.45, 2.75) is 6.42 Å². The summed E-state index contributed by atoms with van der Waals surface area (Å²) in [6, 6.07) is 3.36. The number of amides is 1. The van der Waals surface area contributed by atoms with Gasteiger partial charge in [0.05, 0.1) is 40.0 Å². The highest BCUT2D eigenvalue weighted by atomic mass is 16.5. The van der Waals surface area contributed by atoms with Gasteiger partial charge in [0.2, 0.25) is 11.7 Å². The Labute approximate surface area is 128 Å². The Morgan fingerprint density at radius 1 is 1.09 bits per heavy atom. The highest BCUT2D eigenvalue weighted by Gasteiger charge is 2.36. The Kier molecular flexibility index (Phi) is 4.75. The molecule has 1 fully saturated rings. The summed E-state index contributed by atoms with van der Waals surface area (Å²) in [5.41, 5.74) is 0.589. The third kappa shape index (κ3) is 2.79. The van der Waals surface area contributed by atoms with Gasteiger partial charge in [-0.3, -0.25) is 9.59 Å². The molecule has 2 rings (SSSR count). The number of hydrogen-bond donors (Lipinski definition) is 0. The molecule has 0 aliphatic carbocycles. The van der Waals surface area contributed by atoms with Gasteiger partial charge in [0.15, 0.2) is 11.5 Å². The Bertz CT molecular complexity index is 560. The van der Waals surface area contributed by atoms with Crippen molar-refractivity contribution in [2.75, 3.05) is 39.9 Å². The second-order valence-corrected chi connectivity index (χ2v) is 4.81. The predicted octanol–water partition coefficient (Wildman–Crippen LogP) is 1.24. The predicted molar refractivity (Wildman–Crippen MR) is 78.6 cm³/mol. The first-order chi connectivity index (χ1) is 10.5. The lowest BCUT2D eigenvalue weighted by Gasteiger charge is -2.20. The van der Waals surface area contributed by atoms with E-state index in [1.807, 2.05) is 0 Å². The fourth-order valence-corrected chi connectivity index (χ4v) is 2.50. The van der Waals surface area contributed by atoms with Gasteiger partial charge in [0.1, 0.15) is 0 Å². The number of benzene rings is 1. The zero-order valence-electron chi connectivity index (χ0n) is 13.0. The molecule has 1 heterocycles. The van der Waals surface area contributed by atoms with Crippen LogP contribution in [0.15, 0.2) is 12.1 Å². The first-order valence-corrected chi connectivity index (χ1v) is 6.73. The lowest BCUT2D eigenvalue weighted by molar-refractivity contribution is -0.145. The van der Waals surface area contributed by atoms with Gasteiger partial charge in [-0.15, -0.1) is 0 Å². The fraction of sp³-hybridized carbons (Fsp3) is 0.467. The molecule has 1 aromatic carbocycles. The maximum Gasteiger partial charge on any atom is 0.311 e. The van der Waals surface area contributed by atoms with E-state index in [0.29, 0.717) is 22.9 Å². The Hall–Kier alpha value is -2.44. The zero-order valence-corrected chi connectivity index (χ0v) is 13.0. The van der Waals surface area contributed by atoms with Gasteiger partial charge in [-0.25, -0.2) is 0 Å². The summed E-state index contributed by atoms with van der Waals surface area (Å²) in [4.78, 5) is 25.3. The summed E-state index contributed by atoms with van der Waals surface area (Å²) in [6.45, 7) is 0.268. The molecule has 0 bridgehead atoms. The van der Waals surface area contributed by atoms with Crippen molar-refractivity contribution in [3.63, 3.8) is 0 Å². The molecule has 0 aromatic heterocycles. The highest BCUT2D eigenvalue weighted by molar-refractivity contribution is 6.00. The van der Waals surface area contributed by atoms with E-state index in [0.717, 1.165) is 0 Å². The van der Waals surface area contributed by atoms with Gasteiger partial charge in [-0.1, -0.05) is 0 Å². The van der Waals surface area contributed by atoms with Gasteiger partial charge in [-0.2, -0.15) is 0 Å². The van der Waals surface area contributed by atoms with Crippen LogP contribution in [0.4, 0.5) is 5.69 Å². The third-order valence-corrected chi connectivity index (χ3v) is 3.62. The van der Waals surface area contributed by atoms with Crippen LogP contribution in [-0.2, 0) is 14.3 Å².